The highest BCUT2D eigenvalue weighted by Crippen LogP contribution is 2.24. The van der Waals surface area contributed by atoms with Crippen molar-refractivity contribution in [1.29, 1.82) is 0 Å². The summed E-state index contributed by atoms with van der Waals surface area (Å²) in [6, 6.07) is 10.3. The second kappa shape index (κ2) is 5.69. The molecule has 0 atom stereocenters. The zero-order chi connectivity index (χ0) is 14.7. The van der Waals surface area contributed by atoms with E-state index in [-0.39, 0.29) is 5.56 Å². The summed E-state index contributed by atoms with van der Waals surface area (Å²) >= 11 is 0. The van der Waals surface area contributed by atoms with Gasteiger partial charge in [0.2, 0.25) is 0 Å². The van der Waals surface area contributed by atoms with Crippen molar-refractivity contribution in [3.8, 4) is 0 Å². The highest BCUT2D eigenvalue weighted by Gasteiger charge is 2.12. The van der Waals surface area contributed by atoms with E-state index in [1.54, 1.807) is 12.1 Å². The van der Waals surface area contributed by atoms with Gasteiger partial charge in [0.15, 0.2) is 11.6 Å². The number of carbonyl (C=O) groups excluding carboxylic acids is 1. The molecule has 1 N–H and O–H groups in total. The molecule has 0 aliphatic heterocycles. The third-order valence-corrected chi connectivity index (χ3v) is 2.82. The first kappa shape index (κ1) is 14.0. The predicted molar refractivity (Wildman–Crippen MR) is 75.1 cm³/mol. The Labute approximate surface area is 115 Å². The summed E-state index contributed by atoms with van der Waals surface area (Å²) in [4.78, 5) is 13.9. The molecule has 0 spiro atoms. The third kappa shape index (κ3) is 2.93. The third-order valence-electron chi connectivity index (χ3n) is 2.82. The van der Waals surface area contributed by atoms with Gasteiger partial charge in [-0.05, 0) is 30.3 Å². The van der Waals surface area contributed by atoms with Gasteiger partial charge in [0.25, 0.3) is 5.91 Å². The van der Waals surface area contributed by atoms with E-state index in [0.717, 1.165) is 17.8 Å². The van der Waals surface area contributed by atoms with E-state index in [0.29, 0.717) is 5.69 Å². The van der Waals surface area contributed by atoms with Crippen molar-refractivity contribution in [1.82, 2.24) is 0 Å². The molecule has 0 fully saturated rings. The van der Waals surface area contributed by atoms with Crippen LogP contribution in [0.25, 0.3) is 0 Å². The van der Waals surface area contributed by atoms with Gasteiger partial charge in [0.1, 0.15) is 0 Å². The summed E-state index contributed by atoms with van der Waals surface area (Å²) in [6.07, 6.45) is 0. The number of benzene rings is 2. The number of hydrogen-bond acceptors (Lipinski definition) is 2. The number of para-hydroxylation sites is 2. The lowest BCUT2D eigenvalue weighted by atomic mass is 10.2. The van der Waals surface area contributed by atoms with Gasteiger partial charge >= 0.3 is 0 Å². The number of rotatable bonds is 3. The fourth-order valence-corrected chi connectivity index (χ4v) is 1.80. The fourth-order valence-electron chi connectivity index (χ4n) is 1.80. The smallest absolute Gasteiger partial charge is 0.255 e. The first-order valence-electron chi connectivity index (χ1n) is 6.02. The van der Waals surface area contributed by atoms with Crippen molar-refractivity contribution in [3.63, 3.8) is 0 Å². The summed E-state index contributed by atoms with van der Waals surface area (Å²) in [5.74, 6) is -2.51. The zero-order valence-electron chi connectivity index (χ0n) is 11.2. The van der Waals surface area contributed by atoms with E-state index in [2.05, 4.69) is 5.32 Å². The van der Waals surface area contributed by atoms with Crippen molar-refractivity contribution in [2.45, 2.75) is 0 Å². The number of amides is 1. The molecule has 0 saturated heterocycles. The molecule has 2 rings (SSSR count). The Kier molecular flexibility index (Phi) is 3.98. The molecule has 0 heterocycles. The second-order valence-corrected chi connectivity index (χ2v) is 4.49. The van der Waals surface area contributed by atoms with Crippen LogP contribution in [0.2, 0.25) is 0 Å². The van der Waals surface area contributed by atoms with Gasteiger partial charge in [-0.2, -0.15) is 0 Å². The molecule has 2 aromatic carbocycles. The van der Waals surface area contributed by atoms with Crippen molar-refractivity contribution in [2.75, 3.05) is 24.3 Å². The number of halogens is 2. The predicted octanol–water partition coefficient (Wildman–Crippen LogP) is 3.28. The van der Waals surface area contributed by atoms with Gasteiger partial charge in [-0.3, -0.25) is 4.79 Å². The van der Waals surface area contributed by atoms with E-state index in [1.807, 2.05) is 31.1 Å². The monoisotopic (exact) mass is 276 g/mol. The molecule has 0 radical (unpaired) electrons. The number of hydrogen-bond donors (Lipinski definition) is 1. The van der Waals surface area contributed by atoms with Gasteiger partial charge in [-0.1, -0.05) is 12.1 Å². The summed E-state index contributed by atoms with van der Waals surface area (Å²) in [5, 5.41) is 2.69. The summed E-state index contributed by atoms with van der Waals surface area (Å²) in [6.45, 7) is 0. The maximum absolute atomic E-state index is 13.1. The van der Waals surface area contributed by atoms with Crippen LogP contribution in [0.3, 0.4) is 0 Å². The van der Waals surface area contributed by atoms with Crippen LogP contribution in [-0.4, -0.2) is 20.0 Å². The lowest BCUT2D eigenvalue weighted by Crippen LogP contribution is -2.16. The molecule has 3 nitrogen and oxygen atoms in total. The highest BCUT2D eigenvalue weighted by atomic mass is 19.2. The molecule has 0 aliphatic rings. The average Bonchev–Trinajstić information content (AvgIpc) is 2.42. The van der Waals surface area contributed by atoms with E-state index in [4.69, 9.17) is 0 Å². The summed E-state index contributed by atoms with van der Waals surface area (Å²) in [7, 11) is 3.70. The van der Waals surface area contributed by atoms with E-state index < -0.39 is 17.5 Å². The van der Waals surface area contributed by atoms with Gasteiger partial charge < -0.3 is 10.2 Å². The van der Waals surface area contributed by atoms with Crippen LogP contribution in [0.1, 0.15) is 10.4 Å². The number of carbonyl (C=O) groups is 1. The molecule has 5 heteroatoms. The van der Waals surface area contributed by atoms with Gasteiger partial charge in [0, 0.05) is 19.7 Å². The van der Waals surface area contributed by atoms with Crippen LogP contribution in [0.4, 0.5) is 20.2 Å². The van der Waals surface area contributed by atoms with Crippen LogP contribution >= 0.6 is 0 Å². The first-order chi connectivity index (χ1) is 9.49. The van der Waals surface area contributed by atoms with Crippen LogP contribution in [-0.2, 0) is 0 Å². The molecule has 0 unspecified atom stereocenters. The molecule has 104 valence electrons. The average molecular weight is 276 g/mol. The standard InChI is InChI=1S/C15H14F2N2O/c1-19(2)14-6-4-3-5-13(14)18-15(20)10-7-8-11(16)12(17)9-10/h3-9H,1-2H3,(H,18,20). The molecule has 0 aliphatic carbocycles. The minimum Gasteiger partial charge on any atom is -0.376 e. The Morgan fingerprint density at radius 3 is 2.40 bits per heavy atom. The van der Waals surface area contributed by atoms with Gasteiger partial charge in [0.05, 0.1) is 11.4 Å². The van der Waals surface area contributed by atoms with Crippen molar-refractivity contribution in [2.24, 2.45) is 0 Å². The van der Waals surface area contributed by atoms with E-state index >= 15 is 0 Å². The topological polar surface area (TPSA) is 32.3 Å². The normalized spacial score (nSPS) is 10.2. The Hall–Kier alpha value is -2.43. The van der Waals surface area contributed by atoms with E-state index in [9.17, 15) is 13.6 Å². The second-order valence-electron chi connectivity index (χ2n) is 4.49. The SMILES string of the molecule is CN(C)c1ccccc1NC(=O)c1ccc(F)c(F)c1. The highest BCUT2D eigenvalue weighted by molar-refractivity contribution is 6.05. The first-order valence-corrected chi connectivity index (χ1v) is 6.02. The van der Waals surface area contributed by atoms with Crippen molar-refractivity contribution >= 4 is 17.3 Å². The molecule has 0 bridgehead atoms. The molecule has 20 heavy (non-hydrogen) atoms. The lowest BCUT2D eigenvalue weighted by molar-refractivity contribution is 0.102. The van der Waals surface area contributed by atoms with Crippen LogP contribution < -0.4 is 10.2 Å². The summed E-state index contributed by atoms with van der Waals surface area (Å²) < 4.78 is 26.0. The maximum Gasteiger partial charge on any atom is 0.255 e. The minimum absolute atomic E-state index is 0.0671. The summed E-state index contributed by atoms with van der Waals surface area (Å²) in [5.41, 5.74) is 1.49. The largest absolute Gasteiger partial charge is 0.376 e. The van der Waals surface area contributed by atoms with Crippen molar-refractivity contribution in [3.05, 3.63) is 59.7 Å². The van der Waals surface area contributed by atoms with Crippen LogP contribution in [0, 0.1) is 11.6 Å². The van der Waals surface area contributed by atoms with Crippen LogP contribution in [0.15, 0.2) is 42.5 Å². The molecule has 2 aromatic rings. The molecule has 0 aromatic heterocycles. The molecule has 1 amide bonds. The zero-order valence-corrected chi connectivity index (χ0v) is 11.2. The lowest BCUT2D eigenvalue weighted by Gasteiger charge is -2.17. The minimum atomic E-state index is -1.04. The molecular weight excluding hydrogens is 262 g/mol. The quantitative estimate of drug-likeness (QED) is 0.933. The molecular formula is C15H14F2N2O. The number of nitrogens with one attached hydrogen (secondary N) is 1. The Morgan fingerprint density at radius 1 is 1.05 bits per heavy atom. The Morgan fingerprint density at radius 2 is 1.75 bits per heavy atom. The number of anilines is 2. The van der Waals surface area contributed by atoms with Crippen LogP contribution in [0.5, 0.6) is 0 Å². The fraction of sp³-hybridized carbons (Fsp3) is 0.133. The number of nitrogens with zero attached hydrogens (tertiary/aromatic N) is 1. The molecule has 0 saturated carbocycles. The van der Waals surface area contributed by atoms with E-state index in [1.165, 1.54) is 6.07 Å². The Balaban J connectivity index is 2.26. The maximum atomic E-state index is 13.1. The van der Waals surface area contributed by atoms with Gasteiger partial charge in [-0.25, -0.2) is 8.78 Å². The Bertz CT molecular complexity index is 642. The van der Waals surface area contributed by atoms with Gasteiger partial charge in [-0.15, -0.1) is 0 Å². The van der Waals surface area contributed by atoms with Crippen molar-refractivity contribution < 1.29 is 13.6 Å².